The molecule has 0 aliphatic heterocycles. The van der Waals surface area contributed by atoms with Crippen LogP contribution in [0.4, 0.5) is 0 Å². The quantitative estimate of drug-likeness (QED) is 0.0421. The second kappa shape index (κ2) is 31.7. The number of hydrogen-bond acceptors (Lipinski definition) is 5. The zero-order valence-corrected chi connectivity index (χ0v) is 27.7. The van der Waals surface area contributed by atoms with Crippen molar-refractivity contribution in [3.8, 4) is 0 Å². The Kier molecular flexibility index (Phi) is 30.4. The molecule has 0 aromatic carbocycles. The van der Waals surface area contributed by atoms with Crippen molar-refractivity contribution >= 4 is 5.91 Å². The Bertz CT molecular complexity index is 733. The molecule has 0 aliphatic carbocycles. The van der Waals surface area contributed by atoms with Crippen molar-refractivity contribution in [3.05, 3.63) is 48.6 Å². The fraction of sp³-hybridized carbons (Fsp3) is 0.757. The monoisotopic (exact) mass is 606 g/mol. The van der Waals surface area contributed by atoms with Gasteiger partial charge in [0.1, 0.15) is 12.2 Å². The molecule has 0 saturated heterocycles. The van der Waals surface area contributed by atoms with E-state index in [-0.39, 0.29) is 6.42 Å². The van der Waals surface area contributed by atoms with Crippen LogP contribution in [0.15, 0.2) is 48.6 Å². The molecule has 43 heavy (non-hydrogen) atoms. The minimum absolute atomic E-state index is 0.271. The first kappa shape index (κ1) is 41.3. The third-order valence-electron chi connectivity index (χ3n) is 7.73. The van der Waals surface area contributed by atoms with E-state index in [9.17, 15) is 25.2 Å². The minimum atomic E-state index is -1.30. The third-order valence-corrected chi connectivity index (χ3v) is 7.73. The van der Waals surface area contributed by atoms with E-state index in [1.54, 1.807) is 0 Å². The van der Waals surface area contributed by atoms with Gasteiger partial charge in [-0.1, -0.05) is 114 Å². The lowest BCUT2D eigenvalue weighted by Crippen LogP contribution is -2.53. The average molecular weight is 606 g/mol. The predicted molar refractivity (Wildman–Crippen MR) is 182 cm³/mol. The van der Waals surface area contributed by atoms with Crippen LogP contribution in [-0.2, 0) is 4.79 Å². The molecule has 4 atom stereocenters. The van der Waals surface area contributed by atoms with Crippen LogP contribution in [0.1, 0.15) is 149 Å². The maximum Gasteiger partial charge on any atom is 0.249 e. The van der Waals surface area contributed by atoms with E-state index >= 15 is 0 Å². The van der Waals surface area contributed by atoms with Crippen molar-refractivity contribution in [1.82, 2.24) is 5.32 Å². The zero-order chi connectivity index (χ0) is 31.8. The molecule has 0 spiro atoms. The van der Waals surface area contributed by atoms with Crippen LogP contribution >= 0.6 is 0 Å². The molecule has 0 aliphatic rings. The normalized spacial score (nSPS) is 15.2. The van der Waals surface area contributed by atoms with E-state index in [1.165, 1.54) is 64.2 Å². The average Bonchev–Trinajstić information content (AvgIpc) is 3.01. The molecule has 0 heterocycles. The summed E-state index contributed by atoms with van der Waals surface area (Å²) in [6.45, 7) is 3.92. The van der Waals surface area contributed by atoms with Gasteiger partial charge >= 0.3 is 0 Å². The smallest absolute Gasteiger partial charge is 0.249 e. The summed E-state index contributed by atoms with van der Waals surface area (Å²) in [4.78, 5) is 12.3. The van der Waals surface area contributed by atoms with Crippen LogP contribution in [0.5, 0.6) is 0 Å². The van der Waals surface area contributed by atoms with Crippen LogP contribution in [0.3, 0.4) is 0 Å². The summed E-state index contributed by atoms with van der Waals surface area (Å²) in [5.41, 5.74) is 0. The standard InChI is InChI=1S/C37H67NO5/c1-3-5-7-9-11-13-14-15-16-17-18-19-20-21-22-23-25-26-28-30-34(40)36(42)33(32-39)38-37(43)35(41)31-29-27-24-12-10-8-6-4-2/h15-16,19-20,23-25,27,33-36,39-42H,3-14,17-18,21-22,26,28-32H2,1-2H3,(H,38,43)/b16-15+,20-19+,25-23+,27-24-. The van der Waals surface area contributed by atoms with Crippen molar-refractivity contribution in [3.63, 3.8) is 0 Å². The highest BCUT2D eigenvalue weighted by molar-refractivity contribution is 5.80. The van der Waals surface area contributed by atoms with Crippen LogP contribution in [0, 0.1) is 0 Å². The van der Waals surface area contributed by atoms with E-state index < -0.39 is 36.9 Å². The number of rotatable bonds is 30. The number of hydrogen-bond donors (Lipinski definition) is 5. The summed E-state index contributed by atoms with van der Waals surface area (Å²) in [6.07, 6.45) is 35.8. The largest absolute Gasteiger partial charge is 0.394 e. The first-order chi connectivity index (χ1) is 21.0. The van der Waals surface area contributed by atoms with E-state index in [1.807, 2.05) is 6.08 Å². The summed E-state index contributed by atoms with van der Waals surface area (Å²) in [7, 11) is 0. The molecule has 0 radical (unpaired) electrons. The minimum Gasteiger partial charge on any atom is -0.394 e. The number of aliphatic hydroxyl groups excluding tert-OH is 4. The number of carbonyl (C=O) groups excluding carboxylic acids is 1. The van der Waals surface area contributed by atoms with Crippen molar-refractivity contribution in [2.45, 2.75) is 173 Å². The van der Waals surface area contributed by atoms with Crippen LogP contribution < -0.4 is 5.32 Å². The van der Waals surface area contributed by atoms with E-state index in [0.717, 1.165) is 44.9 Å². The van der Waals surface area contributed by atoms with Gasteiger partial charge in [-0.25, -0.2) is 0 Å². The van der Waals surface area contributed by atoms with Gasteiger partial charge in [-0.3, -0.25) is 4.79 Å². The van der Waals surface area contributed by atoms with Crippen molar-refractivity contribution < 1.29 is 25.2 Å². The Morgan fingerprint density at radius 2 is 0.977 bits per heavy atom. The summed E-state index contributed by atoms with van der Waals surface area (Å²) < 4.78 is 0. The van der Waals surface area contributed by atoms with Gasteiger partial charge in [0, 0.05) is 0 Å². The molecule has 6 nitrogen and oxygen atoms in total. The highest BCUT2D eigenvalue weighted by Gasteiger charge is 2.28. The second-order valence-electron chi connectivity index (χ2n) is 11.8. The molecule has 4 unspecified atom stereocenters. The molecule has 1 amide bonds. The molecule has 6 heteroatoms. The van der Waals surface area contributed by atoms with Gasteiger partial charge in [0.05, 0.1) is 18.8 Å². The van der Waals surface area contributed by atoms with Crippen molar-refractivity contribution in [1.29, 1.82) is 0 Å². The van der Waals surface area contributed by atoms with E-state index in [0.29, 0.717) is 19.3 Å². The van der Waals surface area contributed by atoms with Gasteiger partial charge < -0.3 is 25.7 Å². The van der Waals surface area contributed by atoms with E-state index in [4.69, 9.17) is 0 Å². The first-order valence-corrected chi connectivity index (χ1v) is 17.5. The highest BCUT2D eigenvalue weighted by Crippen LogP contribution is 2.11. The van der Waals surface area contributed by atoms with Crippen molar-refractivity contribution in [2.24, 2.45) is 0 Å². The van der Waals surface area contributed by atoms with Crippen LogP contribution in [-0.4, -0.2) is 57.3 Å². The Balaban J connectivity index is 3.95. The lowest BCUT2D eigenvalue weighted by atomic mass is 10.0. The Morgan fingerprint density at radius 3 is 1.49 bits per heavy atom. The lowest BCUT2D eigenvalue weighted by molar-refractivity contribution is -0.132. The maximum atomic E-state index is 12.3. The SMILES string of the molecule is CCCCCC/C=C\CCC(O)C(=O)NC(CO)C(O)C(O)CCC/C=C/CC/C=C/CC/C=C/CCCCCCCC. The molecule has 0 aromatic heterocycles. The van der Waals surface area contributed by atoms with Gasteiger partial charge in [-0.2, -0.15) is 0 Å². The summed E-state index contributed by atoms with van der Waals surface area (Å²) >= 11 is 0. The van der Waals surface area contributed by atoms with Gasteiger partial charge in [-0.05, 0) is 83.5 Å². The second-order valence-corrected chi connectivity index (χ2v) is 11.8. The molecular weight excluding hydrogens is 538 g/mol. The number of nitrogens with one attached hydrogen (secondary N) is 1. The number of aliphatic hydroxyl groups is 4. The van der Waals surface area contributed by atoms with Gasteiger partial charge in [0.15, 0.2) is 0 Å². The van der Waals surface area contributed by atoms with Gasteiger partial charge in [0.25, 0.3) is 0 Å². The molecule has 0 fully saturated rings. The number of amides is 1. The Morgan fingerprint density at radius 1 is 0.558 bits per heavy atom. The Hall–Kier alpha value is -1.73. The van der Waals surface area contributed by atoms with Gasteiger partial charge in [-0.15, -0.1) is 0 Å². The molecule has 0 rings (SSSR count). The number of carbonyl (C=O) groups is 1. The predicted octanol–water partition coefficient (Wildman–Crippen LogP) is 8.00. The maximum absolute atomic E-state index is 12.3. The molecular formula is C37H67NO5. The fourth-order valence-electron chi connectivity index (χ4n) is 4.85. The lowest BCUT2D eigenvalue weighted by Gasteiger charge is -2.27. The number of unbranched alkanes of at least 4 members (excludes halogenated alkanes) is 13. The van der Waals surface area contributed by atoms with Gasteiger partial charge in [0.2, 0.25) is 5.91 Å². The highest BCUT2D eigenvalue weighted by atomic mass is 16.3. The molecule has 5 N–H and O–H groups in total. The summed E-state index contributed by atoms with van der Waals surface area (Å²) in [6, 6.07) is -1.02. The molecule has 0 bridgehead atoms. The molecule has 250 valence electrons. The van der Waals surface area contributed by atoms with Crippen molar-refractivity contribution in [2.75, 3.05) is 6.61 Å². The third kappa shape index (κ3) is 26.4. The van der Waals surface area contributed by atoms with Crippen LogP contribution in [0.25, 0.3) is 0 Å². The van der Waals surface area contributed by atoms with Crippen LogP contribution in [0.2, 0.25) is 0 Å². The summed E-state index contributed by atoms with van der Waals surface area (Å²) in [5, 5.41) is 43.1. The fourth-order valence-corrected chi connectivity index (χ4v) is 4.85. The molecule has 0 saturated carbocycles. The van der Waals surface area contributed by atoms with E-state index in [2.05, 4.69) is 61.7 Å². The zero-order valence-electron chi connectivity index (χ0n) is 27.7. The Labute approximate surface area is 264 Å². The topological polar surface area (TPSA) is 110 Å². The molecule has 0 aromatic rings. The first-order valence-electron chi connectivity index (χ1n) is 17.5. The number of allylic oxidation sites excluding steroid dienone is 8. The summed E-state index contributed by atoms with van der Waals surface area (Å²) in [5.74, 6) is -0.640.